The SMILES string of the molecule is CC1(C)CC1CNCC1OCCc2ccccc21. The summed E-state index contributed by atoms with van der Waals surface area (Å²) in [5.41, 5.74) is 3.41. The maximum Gasteiger partial charge on any atom is 0.0952 e. The van der Waals surface area contributed by atoms with Crippen molar-refractivity contribution in [2.75, 3.05) is 19.7 Å². The van der Waals surface area contributed by atoms with Gasteiger partial charge in [0.2, 0.25) is 0 Å². The second-order valence-corrected chi connectivity index (χ2v) is 6.36. The Morgan fingerprint density at radius 3 is 2.83 bits per heavy atom. The summed E-state index contributed by atoms with van der Waals surface area (Å²) in [4.78, 5) is 0. The average molecular weight is 245 g/mol. The molecule has 1 aliphatic carbocycles. The Labute approximate surface area is 110 Å². The number of hydrogen-bond acceptors (Lipinski definition) is 2. The van der Waals surface area contributed by atoms with Crippen LogP contribution in [0.1, 0.15) is 37.5 Å². The van der Waals surface area contributed by atoms with E-state index < -0.39 is 0 Å². The molecule has 0 saturated heterocycles. The summed E-state index contributed by atoms with van der Waals surface area (Å²) < 4.78 is 5.90. The van der Waals surface area contributed by atoms with Gasteiger partial charge in [0.25, 0.3) is 0 Å². The first-order chi connectivity index (χ1) is 8.67. The number of benzene rings is 1. The highest BCUT2D eigenvalue weighted by Crippen LogP contribution is 2.51. The average Bonchev–Trinajstić information content (AvgIpc) is 2.97. The predicted molar refractivity (Wildman–Crippen MR) is 73.6 cm³/mol. The van der Waals surface area contributed by atoms with E-state index in [0.717, 1.165) is 32.0 Å². The van der Waals surface area contributed by atoms with Gasteiger partial charge in [-0.05, 0) is 41.8 Å². The van der Waals surface area contributed by atoms with Crippen LogP contribution in [0.3, 0.4) is 0 Å². The summed E-state index contributed by atoms with van der Waals surface area (Å²) in [7, 11) is 0. The largest absolute Gasteiger partial charge is 0.372 e. The molecule has 1 heterocycles. The minimum atomic E-state index is 0.247. The minimum absolute atomic E-state index is 0.247. The first-order valence-corrected chi connectivity index (χ1v) is 7.07. The molecule has 1 N–H and O–H groups in total. The summed E-state index contributed by atoms with van der Waals surface area (Å²) in [6.07, 6.45) is 2.67. The van der Waals surface area contributed by atoms with Crippen LogP contribution in [0.25, 0.3) is 0 Å². The number of ether oxygens (including phenoxy) is 1. The highest BCUT2D eigenvalue weighted by molar-refractivity contribution is 5.31. The van der Waals surface area contributed by atoms with E-state index in [4.69, 9.17) is 4.74 Å². The molecule has 18 heavy (non-hydrogen) atoms. The van der Waals surface area contributed by atoms with Gasteiger partial charge in [-0.25, -0.2) is 0 Å². The van der Waals surface area contributed by atoms with Crippen LogP contribution in [-0.4, -0.2) is 19.7 Å². The van der Waals surface area contributed by atoms with E-state index in [1.165, 1.54) is 17.5 Å². The maximum atomic E-state index is 5.90. The molecule has 0 radical (unpaired) electrons. The first kappa shape index (κ1) is 12.2. The Kier molecular flexibility index (Phi) is 3.16. The van der Waals surface area contributed by atoms with E-state index >= 15 is 0 Å². The summed E-state index contributed by atoms with van der Waals surface area (Å²) in [5.74, 6) is 0.858. The molecule has 1 aliphatic heterocycles. The van der Waals surface area contributed by atoms with E-state index in [1.54, 1.807) is 0 Å². The van der Waals surface area contributed by atoms with Crippen molar-refractivity contribution in [1.29, 1.82) is 0 Å². The lowest BCUT2D eigenvalue weighted by Gasteiger charge is -2.26. The number of fused-ring (bicyclic) bond motifs is 1. The summed E-state index contributed by atoms with van der Waals surface area (Å²) in [6.45, 7) is 7.65. The van der Waals surface area contributed by atoms with Crippen molar-refractivity contribution >= 4 is 0 Å². The molecule has 0 spiro atoms. The highest BCUT2D eigenvalue weighted by atomic mass is 16.5. The lowest BCUT2D eigenvalue weighted by Crippen LogP contribution is -2.29. The van der Waals surface area contributed by atoms with Crippen LogP contribution < -0.4 is 5.32 Å². The molecule has 0 amide bonds. The van der Waals surface area contributed by atoms with Crippen molar-refractivity contribution in [3.05, 3.63) is 35.4 Å². The normalized spacial score (nSPS) is 28.8. The molecule has 2 aliphatic rings. The van der Waals surface area contributed by atoms with Gasteiger partial charge in [-0.3, -0.25) is 0 Å². The van der Waals surface area contributed by atoms with Crippen molar-refractivity contribution in [3.63, 3.8) is 0 Å². The molecule has 2 unspecified atom stereocenters. The van der Waals surface area contributed by atoms with Crippen LogP contribution in [0.5, 0.6) is 0 Å². The van der Waals surface area contributed by atoms with Crippen molar-refractivity contribution in [2.45, 2.75) is 32.8 Å². The van der Waals surface area contributed by atoms with Crippen LogP contribution in [0, 0.1) is 11.3 Å². The lowest BCUT2D eigenvalue weighted by atomic mass is 9.97. The van der Waals surface area contributed by atoms with Gasteiger partial charge >= 0.3 is 0 Å². The van der Waals surface area contributed by atoms with Gasteiger partial charge in [0.1, 0.15) is 0 Å². The van der Waals surface area contributed by atoms with Crippen LogP contribution >= 0.6 is 0 Å². The summed E-state index contributed by atoms with van der Waals surface area (Å²) >= 11 is 0. The van der Waals surface area contributed by atoms with Crippen molar-refractivity contribution in [1.82, 2.24) is 5.32 Å². The molecule has 1 fully saturated rings. The first-order valence-electron chi connectivity index (χ1n) is 7.07. The highest BCUT2D eigenvalue weighted by Gasteiger charge is 2.44. The Bertz CT molecular complexity index is 427. The molecule has 2 heteroatoms. The summed E-state index contributed by atoms with van der Waals surface area (Å²) in [6, 6.07) is 8.68. The van der Waals surface area contributed by atoms with Gasteiger partial charge in [-0.1, -0.05) is 38.1 Å². The van der Waals surface area contributed by atoms with Crippen molar-refractivity contribution in [2.24, 2.45) is 11.3 Å². The number of nitrogens with one attached hydrogen (secondary N) is 1. The van der Waals surface area contributed by atoms with E-state index in [0.29, 0.717) is 5.41 Å². The second-order valence-electron chi connectivity index (χ2n) is 6.36. The molecule has 2 atom stereocenters. The summed E-state index contributed by atoms with van der Waals surface area (Å²) in [5, 5.41) is 3.59. The fourth-order valence-corrected chi connectivity index (χ4v) is 2.96. The third-order valence-electron chi connectivity index (χ3n) is 4.53. The molecule has 3 rings (SSSR count). The predicted octanol–water partition coefficient (Wildman–Crippen LogP) is 2.94. The zero-order chi connectivity index (χ0) is 12.6. The fraction of sp³-hybridized carbons (Fsp3) is 0.625. The third kappa shape index (κ3) is 2.45. The Balaban J connectivity index is 1.55. The van der Waals surface area contributed by atoms with Crippen molar-refractivity contribution < 1.29 is 4.74 Å². The third-order valence-corrected chi connectivity index (χ3v) is 4.53. The maximum absolute atomic E-state index is 5.90. The smallest absolute Gasteiger partial charge is 0.0952 e. The topological polar surface area (TPSA) is 21.3 Å². The molecule has 1 aromatic rings. The van der Waals surface area contributed by atoms with Gasteiger partial charge in [0.05, 0.1) is 12.7 Å². The van der Waals surface area contributed by atoms with E-state index in [9.17, 15) is 0 Å². The molecule has 1 saturated carbocycles. The van der Waals surface area contributed by atoms with Gasteiger partial charge < -0.3 is 10.1 Å². The van der Waals surface area contributed by atoms with Crippen LogP contribution in [0.15, 0.2) is 24.3 Å². The van der Waals surface area contributed by atoms with Gasteiger partial charge in [0.15, 0.2) is 0 Å². The Hall–Kier alpha value is -0.860. The van der Waals surface area contributed by atoms with Gasteiger partial charge in [0, 0.05) is 6.54 Å². The zero-order valence-corrected chi connectivity index (χ0v) is 11.4. The molecule has 0 bridgehead atoms. The van der Waals surface area contributed by atoms with Gasteiger partial charge in [-0.2, -0.15) is 0 Å². The Morgan fingerprint density at radius 1 is 1.28 bits per heavy atom. The second kappa shape index (κ2) is 4.67. The Morgan fingerprint density at radius 2 is 2.06 bits per heavy atom. The standard InChI is InChI=1S/C16H23NO/c1-16(2)9-13(16)10-17-11-15-14-6-4-3-5-12(14)7-8-18-15/h3-6,13,15,17H,7-11H2,1-2H3. The van der Waals surface area contributed by atoms with E-state index in [-0.39, 0.29) is 6.10 Å². The van der Waals surface area contributed by atoms with E-state index in [1.807, 2.05) is 0 Å². The van der Waals surface area contributed by atoms with Crippen LogP contribution in [0.2, 0.25) is 0 Å². The zero-order valence-electron chi connectivity index (χ0n) is 11.4. The van der Waals surface area contributed by atoms with Crippen LogP contribution in [-0.2, 0) is 11.2 Å². The lowest BCUT2D eigenvalue weighted by molar-refractivity contribution is 0.0423. The van der Waals surface area contributed by atoms with Gasteiger partial charge in [-0.15, -0.1) is 0 Å². The monoisotopic (exact) mass is 245 g/mol. The molecule has 0 aromatic heterocycles. The number of hydrogen-bond donors (Lipinski definition) is 1. The number of rotatable bonds is 4. The molecule has 98 valence electrons. The minimum Gasteiger partial charge on any atom is -0.372 e. The van der Waals surface area contributed by atoms with Crippen LogP contribution in [0.4, 0.5) is 0 Å². The molecule has 1 aromatic carbocycles. The molecular weight excluding hydrogens is 222 g/mol. The van der Waals surface area contributed by atoms with Crippen molar-refractivity contribution in [3.8, 4) is 0 Å². The quantitative estimate of drug-likeness (QED) is 0.880. The molecule has 2 nitrogen and oxygen atoms in total. The van der Waals surface area contributed by atoms with E-state index in [2.05, 4.69) is 43.4 Å². The fourth-order valence-electron chi connectivity index (χ4n) is 2.96. The molecular formula is C16H23NO.